The first-order chi connectivity index (χ1) is 12.2. The second-order valence-corrected chi connectivity index (χ2v) is 5.90. The molecule has 0 aliphatic carbocycles. The van der Waals surface area contributed by atoms with E-state index in [2.05, 4.69) is 9.97 Å². The molecule has 0 radical (unpaired) electrons. The smallest absolute Gasteiger partial charge is 0.264 e. The van der Waals surface area contributed by atoms with Gasteiger partial charge in [0.25, 0.3) is 5.91 Å². The molecule has 3 rings (SSSR count). The number of hydrogen-bond acceptors (Lipinski definition) is 6. The van der Waals surface area contributed by atoms with Crippen molar-refractivity contribution in [2.24, 2.45) is 0 Å². The van der Waals surface area contributed by atoms with Crippen molar-refractivity contribution >= 4 is 28.7 Å². The van der Waals surface area contributed by atoms with Gasteiger partial charge in [-0.2, -0.15) is 0 Å². The first-order valence-corrected chi connectivity index (χ1v) is 9.22. The maximum Gasteiger partial charge on any atom is 0.264 e. The van der Waals surface area contributed by atoms with Gasteiger partial charge >= 0.3 is 0 Å². The van der Waals surface area contributed by atoms with Gasteiger partial charge < -0.3 is 9.47 Å². The minimum atomic E-state index is -0.152. The van der Waals surface area contributed by atoms with Gasteiger partial charge in [-0.1, -0.05) is 11.8 Å². The number of fused-ring (bicyclic) bond motifs is 1. The maximum atomic E-state index is 13.0. The zero-order chi connectivity index (χ0) is 17.8. The van der Waals surface area contributed by atoms with Crippen molar-refractivity contribution in [1.29, 1.82) is 0 Å². The van der Waals surface area contributed by atoms with E-state index < -0.39 is 0 Å². The molecule has 0 N–H and O–H groups in total. The van der Waals surface area contributed by atoms with E-state index in [1.807, 2.05) is 32.2 Å². The van der Waals surface area contributed by atoms with Gasteiger partial charge in [-0.3, -0.25) is 14.3 Å². The molecule has 0 bridgehead atoms. The Morgan fingerprint density at radius 2 is 1.76 bits per heavy atom. The number of pyridine rings is 1. The minimum absolute atomic E-state index is 0.152. The van der Waals surface area contributed by atoms with Crippen molar-refractivity contribution in [1.82, 2.24) is 14.5 Å². The summed E-state index contributed by atoms with van der Waals surface area (Å²) < 4.78 is 12.9. The fourth-order valence-electron chi connectivity index (χ4n) is 2.56. The predicted molar refractivity (Wildman–Crippen MR) is 97.8 cm³/mol. The number of hydrogen-bond donors (Lipinski definition) is 0. The average Bonchev–Trinajstić information content (AvgIpc) is 3.00. The maximum absolute atomic E-state index is 13.0. The number of carbonyl (C=O) groups is 1. The van der Waals surface area contributed by atoms with Gasteiger partial charge in [-0.25, -0.2) is 4.98 Å². The van der Waals surface area contributed by atoms with Gasteiger partial charge in [-0.15, -0.1) is 0 Å². The van der Waals surface area contributed by atoms with E-state index in [1.54, 1.807) is 29.1 Å². The van der Waals surface area contributed by atoms with Gasteiger partial charge in [-0.05, 0) is 32.2 Å². The van der Waals surface area contributed by atoms with Crippen molar-refractivity contribution in [3.8, 4) is 11.5 Å². The van der Waals surface area contributed by atoms with E-state index in [-0.39, 0.29) is 5.91 Å². The zero-order valence-corrected chi connectivity index (χ0v) is 15.2. The lowest BCUT2D eigenvalue weighted by Gasteiger charge is -2.11. The van der Waals surface area contributed by atoms with Crippen LogP contribution in [0.4, 0.5) is 0 Å². The summed E-state index contributed by atoms with van der Waals surface area (Å²) in [5, 5.41) is 0.618. The molecule has 0 aliphatic heterocycles. The summed E-state index contributed by atoms with van der Waals surface area (Å²) in [4.78, 5) is 21.5. The number of imidazole rings is 1. The Kier molecular flexibility index (Phi) is 5.23. The molecule has 6 nitrogen and oxygen atoms in total. The molecule has 1 aromatic carbocycles. The van der Waals surface area contributed by atoms with Crippen LogP contribution in [-0.4, -0.2) is 39.9 Å². The Bertz CT molecular complexity index is 893. The standard InChI is InChI=1S/C18H19N3O3S/c1-4-23-15-10-13-14(11-16(15)24-5-2)21(18(20-13)25-3)17(22)12-6-8-19-9-7-12/h6-11H,4-5H2,1-3H3. The number of thioether (sulfide) groups is 1. The fourth-order valence-corrected chi connectivity index (χ4v) is 3.11. The molecule has 0 amide bonds. The zero-order valence-electron chi connectivity index (χ0n) is 14.4. The van der Waals surface area contributed by atoms with Crippen LogP contribution in [0.5, 0.6) is 11.5 Å². The highest BCUT2D eigenvalue weighted by Gasteiger charge is 2.20. The second-order valence-electron chi connectivity index (χ2n) is 5.13. The second kappa shape index (κ2) is 7.57. The summed E-state index contributed by atoms with van der Waals surface area (Å²) in [5.41, 5.74) is 1.94. The van der Waals surface area contributed by atoms with Crippen molar-refractivity contribution in [3.05, 3.63) is 42.2 Å². The molecule has 0 saturated carbocycles. The normalized spacial score (nSPS) is 10.8. The lowest BCUT2D eigenvalue weighted by atomic mass is 10.2. The average molecular weight is 357 g/mol. The number of benzene rings is 1. The first kappa shape index (κ1) is 17.3. The third-order valence-corrected chi connectivity index (χ3v) is 4.24. The summed E-state index contributed by atoms with van der Waals surface area (Å²) in [6.07, 6.45) is 5.10. The third-order valence-electron chi connectivity index (χ3n) is 3.60. The SMILES string of the molecule is CCOc1cc2nc(SC)n(C(=O)c3ccncc3)c2cc1OCC. The van der Waals surface area contributed by atoms with Gasteiger partial charge in [0.15, 0.2) is 16.7 Å². The molecule has 25 heavy (non-hydrogen) atoms. The van der Waals surface area contributed by atoms with Crippen LogP contribution in [0.25, 0.3) is 11.0 Å². The highest BCUT2D eigenvalue weighted by atomic mass is 32.2. The number of ether oxygens (including phenoxy) is 2. The Hall–Kier alpha value is -2.54. The summed E-state index contributed by atoms with van der Waals surface area (Å²) >= 11 is 1.42. The van der Waals surface area contributed by atoms with Crippen LogP contribution in [0.15, 0.2) is 41.8 Å². The number of rotatable bonds is 6. The van der Waals surface area contributed by atoms with E-state index >= 15 is 0 Å². The largest absolute Gasteiger partial charge is 0.490 e. The van der Waals surface area contributed by atoms with Gasteiger partial charge in [0, 0.05) is 30.1 Å². The van der Waals surface area contributed by atoms with E-state index in [0.717, 1.165) is 0 Å². The third kappa shape index (κ3) is 3.32. The minimum Gasteiger partial charge on any atom is -0.490 e. The van der Waals surface area contributed by atoms with Gasteiger partial charge in [0.2, 0.25) is 0 Å². The molecule has 7 heteroatoms. The van der Waals surface area contributed by atoms with Crippen molar-refractivity contribution < 1.29 is 14.3 Å². The van der Waals surface area contributed by atoms with Crippen LogP contribution >= 0.6 is 11.8 Å². The highest BCUT2D eigenvalue weighted by molar-refractivity contribution is 7.98. The molecule has 0 unspecified atom stereocenters. The van der Waals surface area contributed by atoms with Crippen molar-refractivity contribution in [3.63, 3.8) is 0 Å². The van der Waals surface area contributed by atoms with Crippen molar-refractivity contribution in [2.75, 3.05) is 19.5 Å². The molecular formula is C18H19N3O3S. The van der Waals surface area contributed by atoms with Crippen LogP contribution < -0.4 is 9.47 Å². The van der Waals surface area contributed by atoms with E-state index in [4.69, 9.17) is 9.47 Å². The molecule has 0 atom stereocenters. The van der Waals surface area contributed by atoms with E-state index in [0.29, 0.717) is 46.5 Å². The Labute approximate surface area is 150 Å². The lowest BCUT2D eigenvalue weighted by molar-refractivity contribution is 0.0955. The van der Waals surface area contributed by atoms with Gasteiger partial charge in [0.05, 0.1) is 24.2 Å². The molecule has 0 fully saturated rings. The van der Waals surface area contributed by atoms with Crippen LogP contribution in [0.2, 0.25) is 0 Å². The first-order valence-electron chi connectivity index (χ1n) is 8.00. The van der Waals surface area contributed by atoms with Crippen molar-refractivity contribution in [2.45, 2.75) is 19.0 Å². The highest BCUT2D eigenvalue weighted by Crippen LogP contribution is 2.34. The quantitative estimate of drug-likeness (QED) is 0.628. The summed E-state index contributed by atoms with van der Waals surface area (Å²) in [6, 6.07) is 7.02. The van der Waals surface area contributed by atoms with E-state index in [1.165, 1.54) is 11.8 Å². The number of aromatic nitrogens is 3. The lowest BCUT2D eigenvalue weighted by Crippen LogP contribution is -2.13. The summed E-state index contributed by atoms with van der Waals surface area (Å²) in [5.74, 6) is 1.08. The van der Waals surface area contributed by atoms with Crippen LogP contribution in [0, 0.1) is 0 Å². The van der Waals surface area contributed by atoms with Crippen LogP contribution in [-0.2, 0) is 0 Å². The van der Waals surface area contributed by atoms with Crippen LogP contribution in [0.3, 0.4) is 0 Å². The molecule has 2 heterocycles. The molecule has 2 aromatic heterocycles. The van der Waals surface area contributed by atoms with E-state index in [9.17, 15) is 4.79 Å². The Morgan fingerprint density at radius 3 is 2.36 bits per heavy atom. The summed E-state index contributed by atoms with van der Waals surface area (Å²) in [6.45, 7) is 4.86. The molecule has 0 aliphatic rings. The molecule has 0 saturated heterocycles. The molecular weight excluding hydrogens is 338 g/mol. The van der Waals surface area contributed by atoms with Gasteiger partial charge in [0.1, 0.15) is 0 Å². The molecule has 3 aromatic rings. The summed E-state index contributed by atoms with van der Waals surface area (Å²) in [7, 11) is 0. The van der Waals surface area contributed by atoms with Crippen LogP contribution in [0.1, 0.15) is 24.2 Å². The number of carbonyl (C=O) groups excluding carboxylic acids is 1. The Balaban J connectivity index is 2.20. The topological polar surface area (TPSA) is 66.2 Å². The monoisotopic (exact) mass is 357 g/mol. The predicted octanol–water partition coefficient (Wildman–Crippen LogP) is 3.64. The number of nitrogens with zero attached hydrogens (tertiary/aromatic N) is 3. The molecule has 130 valence electrons. The molecule has 0 spiro atoms. The Morgan fingerprint density at radius 1 is 1.12 bits per heavy atom. The fraction of sp³-hybridized carbons (Fsp3) is 0.278.